The van der Waals surface area contributed by atoms with Crippen LogP contribution in [-0.4, -0.2) is 25.2 Å². The summed E-state index contributed by atoms with van der Waals surface area (Å²) in [7, 11) is 0. The fourth-order valence-corrected chi connectivity index (χ4v) is 3.87. The molecule has 38 heavy (non-hydrogen) atoms. The topological polar surface area (TPSA) is 52.6 Å². The van der Waals surface area contributed by atoms with E-state index in [2.05, 4.69) is 52.0 Å². The minimum atomic E-state index is -0.0316. The molecule has 0 aromatic heterocycles. The summed E-state index contributed by atoms with van der Waals surface area (Å²) in [6, 6.07) is 0. The lowest BCUT2D eigenvalue weighted by Gasteiger charge is -2.03. The molecule has 0 aromatic rings. The molecule has 4 heteroatoms. The van der Waals surface area contributed by atoms with Crippen molar-refractivity contribution in [1.29, 1.82) is 0 Å². The van der Waals surface area contributed by atoms with Crippen molar-refractivity contribution in [3.05, 3.63) is 24.3 Å². The molecule has 0 unspecified atom stereocenters. The molecule has 0 bridgehead atoms. The quantitative estimate of drug-likeness (QED) is 0.0626. The Morgan fingerprint density at radius 3 is 1.11 bits per heavy atom. The SMILES string of the molecule is CCCCC/C=C\CCOC(=O)CCCCCCC.CCCCC/C=C\CCOC(=O)CCCCCCC. The van der Waals surface area contributed by atoms with Crippen molar-refractivity contribution in [2.24, 2.45) is 0 Å². The zero-order valence-electron chi connectivity index (χ0n) is 25.9. The van der Waals surface area contributed by atoms with Gasteiger partial charge in [-0.15, -0.1) is 0 Å². The molecule has 0 saturated carbocycles. The third-order valence-electron chi connectivity index (χ3n) is 6.35. The van der Waals surface area contributed by atoms with Crippen LogP contribution in [0.4, 0.5) is 0 Å². The van der Waals surface area contributed by atoms with Crippen LogP contribution in [0.3, 0.4) is 0 Å². The van der Waals surface area contributed by atoms with Gasteiger partial charge in [0.1, 0.15) is 0 Å². The van der Waals surface area contributed by atoms with Crippen LogP contribution in [0, 0.1) is 0 Å². The highest BCUT2D eigenvalue weighted by molar-refractivity contribution is 5.69. The lowest BCUT2D eigenvalue weighted by Crippen LogP contribution is -2.04. The molecule has 0 rings (SSSR count). The monoisotopic (exact) mass is 536 g/mol. The van der Waals surface area contributed by atoms with Crippen molar-refractivity contribution >= 4 is 11.9 Å². The number of rotatable bonds is 26. The first-order valence-corrected chi connectivity index (χ1v) is 16.2. The number of hydrogen-bond donors (Lipinski definition) is 0. The van der Waals surface area contributed by atoms with Gasteiger partial charge in [0.25, 0.3) is 0 Å². The van der Waals surface area contributed by atoms with Crippen molar-refractivity contribution < 1.29 is 19.1 Å². The van der Waals surface area contributed by atoms with E-state index in [-0.39, 0.29) is 11.9 Å². The highest BCUT2D eigenvalue weighted by Gasteiger charge is 2.02. The van der Waals surface area contributed by atoms with Gasteiger partial charge >= 0.3 is 11.9 Å². The van der Waals surface area contributed by atoms with Gasteiger partial charge in [-0.1, -0.05) is 129 Å². The minimum Gasteiger partial charge on any atom is -0.465 e. The Balaban J connectivity index is 0. The number of esters is 2. The predicted octanol–water partition coefficient (Wildman–Crippen LogP) is 10.8. The Hall–Kier alpha value is -1.58. The lowest BCUT2D eigenvalue weighted by molar-refractivity contribution is -0.144. The molecule has 0 heterocycles. The van der Waals surface area contributed by atoms with Gasteiger partial charge in [0.2, 0.25) is 0 Å². The Morgan fingerprint density at radius 1 is 0.421 bits per heavy atom. The van der Waals surface area contributed by atoms with E-state index in [0.29, 0.717) is 26.1 Å². The van der Waals surface area contributed by atoms with Crippen molar-refractivity contribution in [1.82, 2.24) is 0 Å². The van der Waals surface area contributed by atoms with E-state index in [1.54, 1.807) is 0 Å². The molecule has 0 aromatic carbocycles. The fraction of sp³-hybridized carbons (Fsp3) is 0.824. The Labute approximate surface area is 237 Å². The third kappa shape index (κ3) is 36.6. The van der Waals surface area contributed by atoms with Crippen LogP contribution in [0.5, 0.6) is 0 Å². The van der Waals surface area contributed by atoms with Crippen LogP contribution >= 0.6 is 0 Å². The molecule has 0 spiro atoms. The second-order valence-electron chi connectivity index (χ2n) is 10.3. The van der Waals surface area contributed by atoms with E-state index in [1.165, 1.54) is 77.0 Å². The van der Waals surface area contributed by atoms with E-state index >= 15 is 0 Å². The van der Waals surface area contributed by atoms with Gasteiger partial charge < -0.3 is 9.47 Å². The summed E-state index contributed by atoms with van der Waals surface area (Å²) < 4.78 is 10.4. The molecule has 0 aliphatic rings. The maximum Gasteiger partial charge on any atom is 0.305 e. The third-order valence-corrected chi connectivity index (χ3v) is 6.35. The van der Waals surface area contributed by atoms with Gasteiger partial charge in [-0.2, -0.15) is 0 Å². The zero-order valence-corrected chi connectivity index (χ0v) is 25.9. The molecule has 0 aliphatic heterocycles. The largest absolute Gasteiger partial charge is 0.465 e. The van der Waals surface area contributed by atoms with Crippen LogP contribution in [0.25, 0.3) is 0 Å². The molecule has 0 amide bonds. The van der Waals surface area contributed by atoms with Gasteiger partial charge in [0.05, 0.1) is 13.2 Å². The number of carbonyl (C=O) groups excluding carboxylic acids is 2. The average molecular weight is 537 g/mol. The number of carbonyl (C=O) groups is 2. The van der Waals surface area contributed by atoms with Crippen LogP contribution in [-0.2, 0) is 19.1 Å². The molecule has 0 N–H and O–H groups in total. The Kier molecular flexibility index (Phi) is 35.9. The highest BCUT2D eigenvalue weighted by Crippen LogP contribution is 2.07. The number of allylic oxidation sites excluding steroid dienone is 2. The summed E-state index contributed by atoms with van der Waals surface area (Å²) in [4.78, 5) is 22.8. The van der Waals surface area contributed by atoms with Gasteiger partial charge in [0, 0.05) is 12.8 Å². The van der Waals surface area contributed by atoms with E-state index in [1.807, 2.05) is 0 Å². The molecule has 0 radical (unpaired) electrons. The summed E-state index contributed by atoms with van der Waals surface area (Å²) in [6.45, 7) is 9.90. The zero-order chi connectivity index (χ0) is 28.4. The van der Waals surface area contributed by atoms with Crippen molar-refractivity contribution in [3.8, 4) is 0 Å². The molecule has 0 atom stereocenters. The summed E-state index contributed by atoms with van der Waals surface area (Å²) in [6.07, 6.45) is 33.3. The normalized spacial score (nSPS) is 11.1. The van der Waals surface area contributed by atoms with Crippen molar-refractivity contribution in [2.45, 2.75) is 169 Å². The highest BCUT2D eigenvalue weighted by atomic mass is 16.5. The van der Waals surface area contributed by atoms with Crippen LogP contribution in [0.2, 0.25) is 0 Å². The first kappa shape index (κ1) is 38.6. The number of hydrogen-bond acceptors (Lipinski definition) is 4. The first-order chi connectivity index (χ1) is 18.6. The lowest BCUT2D eigenvalue weighted by atomic mass is 10.1. The van der Waals surface area contributed by atoms with E-state index < -0.39 is 0 Å². The molecule has 0 fully saturated rings. The molecular formula is C34H64O4. The molecule has 4 nitrogen and oxygen atoms in total. The summed E-state index contributed by atoms with van der Waals surface area (Å²) in [5.41, 5.74) is 0. The fourth-order valence-electron chi connectivity index (χ4n) is 3.87. The average Bonchev–Trinajstić information content (AvgIpc) is 2.92. The first-order valence-electron chi connectivity index (χ1n) is 16.2. The summed E-state index contributed by atoms with van der Waals surface area (Å²) in [5, 5.41) is 0. The second kappa shape index (κ2) is 35.4. The van der Waals surface area contributed by atoms with Gasteiger partial charge in [-0.25, -0.2) is 0 Å². The van der Waals surface area contributed by atoms with Crippen LogP contribution in [0.15, 0.2) is 24.3 Å². The summed E-state index contributed by atoms with van der Waals surface area (Å²) in [5.74, 6) is -0.0632. The van der Waals surface area contributed by atoms with E-state index in [0.717, 1.165) is 51.4 Å². The smallest absolute Gasteiger partial charge is 0.305 e. The molecule has 0 aliphatic carbocycles. The molecule has 224 valence electrons. The minimum absolute atomic E-state index is 0.0316. The summed E-state index contributed by atoms with van der Waals surface area (Å²) >= 11 is 0. The maximum absolute atomic E-state index is 11.4. The maximum atomic E-state index is 11.4. The molecule has 0 saturated heterocycles. The predicted molar refractivity (Wildman–Crippen MR) is 164 cm³/mol. The standard InChI is InChI=1S/2C17H32O2/c2*1-3-5-7-9-10-12-14-16-19-17(18)15-13-11-8-6-4-2/h2*10,12H,3-9,11,13-16H2,1-2H3/b2*12-10-. The van der Waals surface area contributed by atoms with Gasteiger partial charge in [-0.3, -0.25) is 9.59 Å². The van der Waals surface area contributed by atoms with E-state index in [9.17, 15) is 9.59 Å². The van der Waals surface area contributed by atoms with Crippen molar-refractivity contribution in [2.75, 3.05) is 13.2 Å². The van der Waals surface area contributed by atoms with Gasteiger partial charge in [0.15, 0.2) is 0 Å². The Morgan fingerprint density at radius 2 is 0.737 bits per heavy atom. The van der Waals surface area contributed by atoms with E-state index in [4.69, 9.17) is 9.47 Å². The number of ether oxygens (including phenoxy) is 2. The van der Waals surface area contributed by atoms with Crippen molar-refractivity contribution in [3.63, 3.8) is 0 Å². The molecular weight excluding hydrogens is 472 g/mol. The second-order valence-corrected chi connectivity index (χ2v) is 10.3. The van der Waals surface area contributed by atoms with Gasteiger partial charge in [-0.05, 0) is 51.4 Å². The van der Waals surface area contributed by atoms with Crippen LogP contribution < -0.4 is 0 Å². The van der Waals surface area contributed by atoms with Crippen LogP contribution in [0.1, 0.15) is 169 Å². The Bertz CT molecular complexity index is 491. The number of unbranched alkanes of at least 4 members (excludes halogenated alkanes) is 14.